The fourth-order valence-electron chi connectivity index (χ4n) is 2.29. The van der Waals surface area contributed by atoms with E-state index in [0.29, 0.717) is 11.6 Å². The third-order valence-electron chi connectivity index (χ3n) is 3.43. The molecule has 0 aliphatic heterocycles. The van der Waals surface area contributed by atoms with E-state index in [4.69, 9.17) is 11.6 Å². The van der Waals surface area contributed by atoms with Gasteiger partial charge in [0.2, 0.25) is 0 Å². The standard InChI is InChI=1S/C14H18ClN3OS/c1-13(2,3)20(19)18-14(9-16)6-4-5-10-7-12(15)17-8-11(10)14/h7-8,18H,4-6H2,1-3H3. The van der Waals surface area contributed by atoms with Gasteiger partial charge >= 0.3 is 0 Å². The maximum atomic E-state index is 12.4. The van der Waals surface area contributed by atoms with Crippen LogP contribution in [-0.2, 0) is 23.3 Å². The van der Waals surface area contributed by atoms with Crippen LogP contribution in [0.15, 0.2) is 12.3 Å². The SMILES string of the molecule is CC(C)(C)[S+]([O-])NC1(C#N)CCCc2cc(Cl)ncc21. The Bertz CT molecular complexity index is 552. The van der Waals surface area contributed by atoms with Crippen molar-refractivity contribution in [1.29, 1.82) is 5.26 Å². The van der Waals surface area contributed by atoms with E-state index in [0.717, 1.165) is 24.0 Å². The third-order valence-corrected chi connectivity index (χ3v) is 5.28. The zero-order chi connectivity index (χ0) is 15.0. The molecule has 2 rings (SSSR count). The van der Waals surface area contributed by atoms with Crippen LogP contribution in [0.5, 0.6) is 0 Å². The van der Waals surface area contributed by atoms with Crippen LogP contribution >= 0.6 is 11.6 Å². The molecule has 2 unspecified atom stereocenters. The van der Waals surface area contributed by atoms with Crippen molar-refractivity contribution in [3.05, 3.63) is 28.5 Å². The molecule has 0 fully saturated rings. The Morgan fingerprint density at radius 2 is 2.25 bits per heavy atom. The van der Waals surface area contributed by atoms with E-state index < -0.39 is 21.6 Å². The van der Waals surface area contributed by atoms with E-state index in [1.54, 1.807) is 12.3 Å². The van der Waals surface area contributed by atoms with Crippen molar-refractivity contribution in [2.45, 2.75) is 50.3 Å². The van der Waals surface area contributed by atoms with E-state index in [1.807, 2.05) is 20.8 Å². The fraction of sp³-hybridized carbons (Fsp3) is 0.571. The molecular weight excluding hydrogens is 294 g/mol. The molecule has 0 bridgehead atoms. The van der Waals surface area contributed by atoms with Gasteiger partial charge in [0.15, 0.2) is 5.54 Å². The van der Waals surface area contributed by atoms with Crippen molar-refractivity contribution in [3.8, 4) is 6.07 Å². The smallest absolute Gasteiger partial charge is 0.176 e. The number of halogens is 1. The number of pyridine rings is 1. The van der Waals surface area contributed by atoms with Gasteiger partial charge in [-0.2, -0.15) is 5.26 Å². The molecule has 1 N–H and O–H groups in total. The second-order valence-corrected chi connectivity index (χ2v) is 8.37. The average Bonchev–Trinajstić information content (AvgIpc) is 2.37. The monoisotopic (exact) mass is 311 g/mol. The molecule has 0 spiro atoms. The molecule has 1 heterocycles. The van der Waals surface area contributed by atoms with Crippen LogP contribution < -0.4 is 4.72 Å². The maximum Gasteiger partial charge on any atom is 0.176 e. The van der Waals surface area contributed by atoms with Gasteiger partial charge in [-0.15, -0.1) is 4.72 Å². The Labute approximate surface area is 127 Å². The van der Waals surface area contributed by atoms with Crippen LogP contribution in [-0.4, -0.2) is 14.3 Å². The number of hydrogen-bond donors (Lipinski definition) is 1. The Balaban J connectivity index is 2.41. The van der Waals surface area contributed by atoms with Crippen LogP contribution in [0.4, 0.5) is 0 Å². The summed E-state index contributed by atoms with van der Waals surface area (Å²) in [5, 5.41) is 10.1. The number of rotatable bonds is 2. The van der Waals surface area contributed by atoms with Crippen molar-refractivity contribution in [1.82, 2.24) is 9.71 Å². The minimum atomic E-state index is -1.32. The summed E-state index contributed by atoms with van der Waals surface area (Å²) < 4.78 is 15.0. The highest BCUT2D eigenvalue weighted by atomic mass is 35.5. The third kappa shape index (κ3) is 2.94. The molecule has 0 saturated heterocycles. The largest absolute Gasteiger partial charge is 0.598 e. The lowest BCUT2D eigenvalue weighted by Gasteiger charge is -2.36. The summed E-state index contributed by atoms with van der Waals surface area (Å²) >= 11 is 4.60. The Kier molecular flexibility index (Phi) is 4.31. The van der Waals surface area contributed by atoms with E-state index in [2.05, 4.69) is 15.8 Å². The average molecular weight is 312 g/mol. The van der Waals surface area contributed by atoms with Gasteiger partial charge in [-0.05, 0) is 51.7 Å². The zero-order valence-electron chi connectivity index (χ0n) is 11.9. The van der Waals surface area contributed by atoms with E-state index >= 15 is 0 Å². The first-order valence-electron chi connectivity index (χ1n) is 6.54. The Morgan fingerprint density at radius 3 is 2.85 bits per heavy atom. The molecule has 0 aromatic carbocycles. The van der Waals surface area contributed by atoms with Crippen molar-refractivity contribution < 1.29 is 4.55 Å². The summed E-state index contributed by atoms with van der Waals surface area (Å²) in [5.74, 6) is 0. The van der Waals surface area contributed by atoms with Gasteiger partial charge in [0.25, 0.3) is 0 Å². The molecule has 1 aliphatic rings. The van der Waals surface area contributed by atoms with E-state index in [-0.39, 0.29) is 0 Å². The highest BCUT2D eigenvalue weighted by Crippen LogP contribution is 2.37. The van der Waals surface area contributed by atoms with Crippen molar-refractivity contribution >= 4 is 23.0 Å². The van der Waals surface area contributed by atoms with Gasteiger partial charge in [0.1, 0.15) is 9.90 Å². The number of nitriles is 1. The normalized spacial score (nSPS) is 23.8. The number of nitrogens with one attached hydrogen (secondary N) is 1. The fourth-order valence-corrected chi connectivity index (χ4v) is 3.35. The Hall–Kier alpha value is -0.800. The van der Waals surface area contributed by atoms with Crippen molar-refractivity contribution in [3.63, 3.8) is 0 Å². The summed E-state index contributed by atoms with van der Waals surface area (Å²) in [6.45, 7) is 5.64. The van der Waals surface area contributed by atoms with Crippen LogP contribution in [0.2, 0.25) is 5.15 Å². The minimum absolute atomic E-state index is 0.425. The topological polar surface area (TPSA) is 71.8 Å². The summed E-state index contributed by atoms with van der Waals surface area (Å²) in [5.41, 5.74) is 0.869. The minimum Gasteiger partial charge on any atom is -0.598 e. The molecule has 0 radical (unpaired) electrons. The number of nitrogens with zero attached hydrogens (tertiary/aromatic N) is 2. The highest BCUT2D eigenvalue weighted by Gasteiger charge is 2.44. The van der Waals surface area contributed by atoms with Crippen LogP contribution in [0.1, 0.15) is 44.7 Å². The molecule has 0 amide bonds. The van der Waals surface area contributed by atoms with E-state index in [1.165, 1.54) is 0 Å². The quantitative estimate of drug-likeness (QED) is 0.673. The number of fused-ring (bicyclic) bond motifs is 1. The molecular formula is C14H18ClN3OS. The number of hydrogen-bond acceptors (Lipinski definition) is 4. The predicted octanol–water partition coefficient (Wildman–Crippen LogP) is 2.84. The maximum absolute atomic E-state index is 12.4. The molecule has 2 atom stereocenters. The predicted molar refractivity (Wildman–Crippen MR) is 80.5 cm³/mol. The summed E-state index contributed by atoms with van der Waals surface area (Å²) in [6.07, 6.45) is 3.98. The highest BCUT2D eigenvalue weighted by molar-refractivity contribution is 7.90. The Morgan fingerprint density at radius 1 is 1.55 bits per heavy atom. The zero-order valence-corrected chi connectivity index (χ0v) is 13.4. The first-order valence-corrected chi connectivity index (χ1v) is 8.07. The molecule has 1 aromatic heterocycles. The van der Waals surface area contributed by atoms with Gasteiger partial charge in [0, 0.05) is 23.1 Å². The van der Waals surface area contributed by atoms with Gasteiger partial charge in [-0.1, -0.05) is 11.6 Å². The lowest BCUT2D eigenvalue weighted by Crippen LogP contribution is -2.52. The van der Waals surface area contributed by atoms with Crippen molar-refractivity contribution in [2.75, 3.05) is 0 Å². The molecule has 20 heavy (non-hydrogen) atoms. The number of aryl methyl sites for hydroxylation is 1. The molecule has 4 nitrogen and oxygen atoms in total. The van der Waals surface area contributed by atoms with Crippen LogP contribution in [0.3, 0.4) is 0 Å². The molecule has 108 valence electrons. The molecule has 1 aliphatic carbocycles. The van der Waals surface area contributed by atoms with Gasteiger partial charge < -0.3 is 4.55 Å². The first kappa shape index (κ1) is 15.6. The molecule has 1 aromatic rings. The van der Waals surface area contributed by atoms with E-state index in [9.17, 15) is 9.81 Å². The number of aromatic nitrogens is 1. The van der Waals surface area contributed by atoms with Gasteiger partial charge in [-0.3, -0.25) is 0 Å². The lowest BCUT2D eigenvalue weighted by atomic mass is 9.79. The second-order valence-electron chi connectivity index (χ2n) is 6.02. The van der Waals surface area contributed by atoms with Crippen LogP contribution in [0.25, 0.3) is 0 Å². The molecule has 6 heteroatoms. The van der Waals surface area contributed by atoms with Gasteiger partial charge in [0.05, 0.1) is 6.07 Å². The van der Waals surface area contributed by atoms with Gasteiger partial charge in [-0.25, -0.2) is 4.98 Å². The molecule has 0 saturated carbocycles. The first-order chi connectivity index (χ1) is 9.28. The lowest BCUT2D eigenvalue weighted by molar-refractivity contribution is 0.412. The summed E-state index contributed by atoms with van der Waals surface area (Å²) in [6, 6.07) is 4.10. The second kappa shape index (κ2) is 5.53. The van der Waals surface area contributed by atoms with Crippen LogP contribution in [0, 0.1) is 11.3 Å². The summed E-state index contributed by atoms with van der Waals surface area (Å²) in [4.78, 5) is 4.08. The van der Waals surface area contributed by atoms with Crippen molar-refractivity contribution in [2.24, 2.45) is 0 Å². The summed E-state index contributed by atoms with van der Waals surface area (Å²) in [7, 11) is 0.